The van der Waals surface area contributed by atoms with Gasteiger partial charge in [-0.15, -0.1) is 0 Å². The smallest absolute Gasteiger partial charge is 0.411 e. The molecule has 10 nitrogen and oxygen atoms in total. The standard InChI is InChI=1S/C21H26N6O4S/c1-14-12-31-10-8-27(14)19-11-17(13-32(2)30)23-20(26-19)15-3-5-16(6-4-15)24-21(29)25-18(22)7-9-28/h3-7,9,11,14,28H,8,10,12-13H2,1-2H3,(H3,22,24,25,29)/p+1/b9-7-/t14-,32?/m0/s1. The molecule has 2 amide bonds. The number of aliphatic hydroxyl groups is 1. The highest BCUT2D eigenvalue weighted by molar-refractivity contribution is 7.83. The van der Waals surface area contributed by atoms with E-state index < -0.39 is 16.8 Å². The molecule has 1 aromatic carbocycles. The van der Waals surface area contributed by atoms with E-state index in [1.54, 1.807) is 30.5 Å². The number of urea groups is 1. The molecule has 32 heavy (non-hydrogen) atoms. The Bertz CT molecular complexity index is 1030. The molecular formula is C21H27N6O4S+. The first-order valence-corrected chi connectivity index (χ1v) is 11.7. The van der Waals surface area contributed by atoms with Crippen LogP contribution in [-0.4, -0.2) is 63.2 Å². The fourth-order valence-corrected chi connectivity index (χ4v) is 3.79. The van der Waals surface area contributed by atoms with Gasteiger partial charge in [0.2, 0.25) is 0 Å². The van der Waals surface area contributed by atoms with Gasteiger partial charge in [-0.3, -0.25) is 14.9 Å². The summed E-state index contributed by atoms with van der Waals surface area (Å²) in [4.78, 5) is 23.5. The number of carbonyl (C=O) groups excluding carboxylic acids is 1. The van der Waals surface area contributed by atoms with Gasteiger partial charge in [0.1, 0.15) is 5.82 Å². The second-order valence-corrected chi connectivity index (χ2v) is 8.74. The van der Waals surface area contributed by atoms with Gasteiger partial charge < -0.3 is 14.7 Å². The van der Waals surface area contributed by atoms with Crippen molar-refractivity contribution in [1.29, 1.82) is 0 Å². The fraction of sp³-hybridized carbons (Fsp3) is 0.333. The largest absolute Gasteiger partial charge is 0.515 e. The highest BCUT2D eigenvalue weighted by atomic mass is 32.2. The molecule has 2 aromatic rings. The number of nitrogens with one attached hydrogen (secondary N) is 2. The van der Waals surface area contributed by atoms with Crippen LogP contribution in [0.1, 0.15) is 12.6 Å². The Morgan fingerprint density at radius 2 is 2.12 bits per heavy atom. The first-order valence-electron chi connectivity index (χ1n) is 9.99. The number of nitrogens with two attached hydrogens (primary N) is 1. The normalized spacial score (nSPS) is 17.2. The monoisotopic (exact) mass is 459 g/mol. The number of rotatable bonds is 6. The van der Waals surface area contributed by atoms with Gasteiger partial charge in [-0.2, -0.15) is 5.32 Å². The zero-order chi connectivity index (χ0) is 23.1. The van der Waals surface area contributed by atoms with Gasteiger partial charge in [-0.05, 0) is 31.2 Å². The molecule has 1 aliphatic heterocycles. The molecule has 0 aliphatic carbocycles. The number of hydrogen-bond acceptors (Lipinski definition) is 7. The van der Waals surface area contributed by atoms with Crippen molar-refractivity contribution in [3.8, 4) is 11.4 Å². The summed E-state index contributed by atoms with van der Waals surface area (Å²) >= 11 is 0. The van der Waals surface area contributed by atoms with Crippen LogP contribution in [0.25, 0.3) is 11.4 Å². The average molecular weight is 460 g/mol. The van der Waals surface area contributed by atoms with E-state index in [0.29, 0.717) is 36.2 Å². The van der Waals surface area contributed by atoms with E-state index in [1.165, 1.54) is 0 Å². The van der Waals surface area contributed by atoms with E-state index in [2.05, 4.69) is 27.4 Å². The number of nitrogens with zero attached hydrogens (tertiary/aromatic N) is 3. The summed E-state index contributed by atoms with van der Waals surface area (Å²) in [5.74, 6) is 1.63. The predicted octanol–water partition coefficient (Wildman–Crippen LogP) is 0.598. The van der Waals surface area contributed by atoms with Crippen LogP contribution in [0.3, 0.4) is 0 Å². The maximum absolute atomic E-state index is 11.9. The third kappa shape index (κ3) is 6.34. The predicted molar refractivity (Wildman–Crippen MR) is 124 cm³/mol. The molecule has 5 N–H and O–H groups in total. The number of anilines is 2. The summed E-state index contributed by atoms with van der Waals surface area (Å²) in [5, 5.41) is 19.2. The van der Waals surface area contributed by atoms with Gasteiger partial charge in [0, 0.05) is 40.9 Å². The number of morpholine rings is 1. The summed E-state index contributed by atoms with van der Waals surface area (Å²) in [5.41, 5.74) is 2.00. The zero-order valence-corrected chi connectivity index (χ0v) is 18.8. The summed E-state index contributed by atoms with van der Waals surface area (Å²) in [6, 6.07) is 8.54. The quantitative estimate of drug-likeness (QED) is 0.281. The minimum atomic E-state index is -1.04. The van der Waals surface area contributed by atoms with Gasteiger partial charge in [-0.1, -0.05) is 0 Å². The number of carbonyl (C=O) groups is 1. The Morgan fingerprint density at radius 1 is 1.38 bits per heavy atom. The molecule has 0 radical (unpaired) electrons. The molecule has 1 fully saturated rings. The lowest BCUT2D eigenvalue weighted by Crippen LogP contribution is -2.50. The minimum Gasteiger partial charge on any atom is -0.515 e. The van der Waals surface area contributed by atoms with Crippen LogP contribution in [0.15, 0.2) is 42.7 Å². The lowest BCUT2D eigenvalue weighted by molar-refractivity contribution is -0.115. The highest BCUT2D eigenvalue weighted by Gasteiger charge is 2.22. The summed E-state index contributed by atoms with van der Waals surface area (Å²) < 4.78 is 17.3. The van der Waals surface area contributed by atoms with Crippen molar-refractivity contribution in [2.24, 2.45) is 0 Å². The van der Waals surface area contributed by atoms with E-state index in [4.69, 9.17) is 20.2 Å². The van der Waals surface area contributed by atoms with Crippen molar-refractivity contribution in [3.05, 3.63) is 48.4 Å². The molecule has 0 spiro atoms. The second-order valence-electron chi connectivity index (χ2n) is 7.30. The van der Waals surface area contributed by atoms with Crippen molar-refractivity contribution in [3.63, 3.8) is 0 Å². The average Bonchev–Trinajstić information content (AvgIpc) is 2.74. The number of amides is 2. The Hall–Kier alpha value is -3.31. The molecule has 2 heterocycles. The highest BCUT2D eigenvalue weighted by Crippen LogP contribution is 2.24. The summed E-state index contributed by atoms with van der Waals surface area (Å²) in [6.45, 7) is 4.03. The molecule has 3 rings (SSSR count). The zero-order valence-electron chi connectivity index (χ0n) is 17.9. The van der Waals surface area contributed by atoms with Crippen LogP contribution in [0.4, 0.5) is 16.3 Å². The molecule has 170 valence electrons. The Balaban J connectivity index is 1.82. The molecule has 0 bridgehead atoms. The van der Waals surface area contributed by atoms with E-state index in [0.717, 1.165) is 30.3 Å². The molecular weight excluding hydrogens is 432 g/mol. The van der Waals surface area contributed by atoms with Crippen LogP contribution < -0.4 is 20.9 Å². The van der Waals surface area contributed by atoms with E-state index in [9.17, 15) is 9.00 Å². The first-order chi connectivity index (χ1) is 15.4. The van der Waals surface area contributed by atoms with Crippen molar-refractivity contribution in [2.75, 3.05) is 36.2 Å². The molecule has 1 aliphatic rings. The van der Waals surface area contributed by atoms with Gasteiger partial charge in [0.05, 0.1) is 43.0 Å². The fourth-order valence-electron chi connectivity index (χ4n) is 3.23. The molecule has 1 saturated heterocycles. The van der Waals surface area contributed by atoms with Crippen LogP contribution in [0, 0.1) is 0 Å². The lowest BCUT2D eigenvalue weighted by atomic mass is 10.2. The number of benzene rings is 1. The van der Waals surface area contributed by atoms with Crippen molar-refractivity contribution >= 4 is 34.2 Å². The third-order valence-electron chi connectivity index (χ3n) is 4.69. The van der Waals surface area contributed by atoms with Gasteiger partial charge in [0.25, 0.3) is 5.84 Å². The number of hydrogen-bond donors (Lipinski definition) is 4. The van der Waals surface area contributed by atoms with Crippen LogP contribution in [0.2, 0.25) is 0 Å². The maximum Gasteiger partial charge on any atom is 0.411 e. The van der Waals surface area contributed by atoms with E-state index in [-0.39, 0.29) is 11.9 Å². The van der Waals surface area contributed by atoms with E-state index >= 15 is 0 Å². The number of aliphatic hydroxyl groups excluding tert-OH is 1. The second kappa shape index (κ2) is 10.8. The third-order valence-corrected chi connectivity index (χ3v) is 5.39. The molecule has 1 aromatic heterocycles. The van der Waals surface area contributed by atoms with Crippen molar-refractivity contribution < 1.29 is 24.3 Å². The lowest BCUT2D eigenvalue weighted by Gasteiger charge is -2.34. The van der Waals surface area contributed by atoms with Gasteiger partial charge in [-0.25, -0.2) is 14.8 Å². The van der Waals surface area contributed by atoms with Crippen molar-refractivity contribution in [2.45, 2.75) is 18.7 Å². The van der Waals surface area contributed by atoms with Crippen molar-refractivity contribution in [1.82, 2.24) is 15.3 Å². The molecule has 2 atom stereocenters. The number of ether oxygens (including phenoxy) is 1. The van der Waals surface area contributed by atoms with E-state index in [1.807, 2.05) is 6.07 Å². The van der Waals surface area contributed by atoms with Crippen LogP contribution in [-0.2, 0) is 21.3 Å². The number of aromatic nitrogens is 2. The Morgan fingerprint density at radius 3 is 2.78 bits per heavy atom. The SMILES string of the molecule is C[C@H]1COCCN1c1cc(CS(C)=O)nc(-c2ccc(NC(=O)NC(=[NH2+])/C=C\O)cc2)n1. The summed E-state index contributed by atoms with van der Waals surface area (Å²) in [7, 11) is -1.04. The Labute approximate surface area is 188 Å². The van der Waals surface area contributed by atoms with Crippen LogP contribution >= 0.6 is 0 Å². The molecule has 11 heteroatoms. The first kappa shape index (κ1) is 23.4. The van der Waals surface area contributed by atoms with Gasteiger partial charge in [0.15, 0.2) is 5.82 Å². The topological polar surface area (TPSA) is 142 Å². The minimum absolute atomic E-state index is 0.00465. The molecule has 1 unspecified atom stereocenters. The Kier molecular flexibility index (Phi) is 7.90. The van der Waals surface area contributed by atoms with Gasteiger partial charge >= 0.3 is 6.03 Å². The molecule has 0 saturated carbocycles. The summed E-state index contributed by atoms with van der Waals surface area (Å²) in [6.07, 6.45) is 3.53. The van der Waals surface area contributed by atoms with Crippen LogP contribution in [0.5, 0.6) is 0 Å². The number of amidine groups is 1. The maximum atomic E-state index is 11.9.